The molecule has 0 atom stereocenters. The van der Waals surface area contributed by atoms with Crippen molar-refractivity contribution in [1.29, 1.82) is 0 Å². The normalized spacial score (nSPS) is 13.6. The molecule has 1 aliphatic heterocycles. The highest BCUT2D eigenvalue weighted by Gasteiger charge is 2.30. The van der Waals surface area contributed by atoms with E-state index in [2.05, 4.69) is 0 Å². The summed E-state index contributed by atoms with van der Waals surface area (Å²) in [5, 5.41) is 10.8. The number of hydrogen-bond donors (Lipinski definition) is 0. The SMILES string of the molecule is Cc1ccccc1C(=O)Oc1cc(C)c2c(c1)O/C(=C\c1ccc([N+](=O)[O-])cc1)C2=O. The van der Waals surface area contributed by atoms with Crippen molar-refractivity contribution in [1.82, 2.24) is 0 Å². The maximum Gasteiger partial charge on any atom is 0.343 e. The molecular weight excluding hydrogens is 398 g/mol. The topological polar surface area (TPSA) is 95.7 Å². The quantitative estimate of drug-likeness (QED) is 0.195. The molecule has 154 valence electrons. The van der Waals surface area contributed by atoms with Crippen LogP contribution in [0, 0.1) is 24.0 Å². The Morgan fingerprint density at radius 3 is 2.42 bits per heavy atom. The molecule has 7 heteroatoms. The Kier molecular flexibility index (Phi) is 5.09. The van der Waals surface area contributed by atoms with Gasteiger partial charge in [0.2, 0.25) is 5.78 Å². The van der Waals surface area contributed by atoms with Crippen LogP contribution in [0.15, 0.2) is 66.4 Å². The largest absolute Gasteiger partial charge is 0.452 e. The molecule has 3 aromatic carbocycles. The van der Waals surface area contributed by atoms with Gasteiger partial charge in [-0.2, -0.15) is 0 Å². The highest BCUT2D eigenvalue weighted by atomic mass is 16.6. The number of Topliss-reactive ketones (excluding diaryl/α,β-unsaturated/α-hetero) is 1. The molecule has 1 heterocycles. The van der Waals surface area contributed by atoms with E-state index in [1.807, 2.05) is 19.1 Å². The Hall–Kier alpha value is -4.26. The predicted molar refractivity (Wildman–Crippen MR) is 113 cm³/mol. The summed E-state index contributed by atoms with van der Waals surface area (Å²) in [6.07, 6.45) is 1.52. The smallest absolute Gasteiger partial charge is 0.343 e. The van der Waals surface area contributed by atoms with Gasteiger partial charge in [-0.05, 0) is 60.9 Å². The summed E-state index contributed by atoms with van der Waals surface area (Å²) in [6, 6.07) is 16.0. The van der Waals surface area contributed by atoms with E-state index in [0.29, 0.717) is 28.0 Å². The summed E-state index contributed by atoms with van der Waals surface area (Å²) in [7, 11) is 0. The number of aryl methyl sites for hydroxylation is 2. The van der Waals surface area contributed by atoms with Crippen LogP contribution in [0.1, 0.15) is 37.4 Å². The van der Waals surface area contributed by atoms with Crippen LogP contribution in [-0.4, -0.2) is 16.7 Å². The van der Waals surface area contributed by atoms with Crippen molar-refractivity contribution in [3.05, 3.63) is 104 Å². The summed E-state index contributed by atoms with van der Waals surface area (Å²) in [5.74, 6) is -0.139. The molecule has 3 aromatic rings. The molecule has 0 aliphatic carbocycles. The third kappa shape index (κ3) is 3.93. The van der Waals surface area contributed by atoms with E-state index in [-0.39, 0.29) is 23.0 Å². The van der Waals surface area contributed by atoms with Crippen LogP contribution in [0.2, 0.25) is 0 Å². The van der Waals surface area contributed by atoms with Gasteiger partial charge in [0.05, 0.1) is 16.1 Å². The molecule has 0 unspecified atom stereocenters. The molecular formula is C24H17NO6. The van der Waals surface area contributed by atoms with Crippen LogP contribution in [0.25, 0.3) is 6.08 Å². The fraction of sp³-hybridized carbons (Fsp3) is 0.0833. The Balaban J connectivity index is 1.59. The van der Waals surface area contributed by atoms with Gasteiger partial charge in [0.15, 0.2) is 5.76 Å². The molecule has 0 amide bonds. The second-order valence-electron chi connectivity index (χ2n) is 7.11. The van der Waals surface area contributed by atoms with Gasteiger partial charge >= 0.3 is 5.97 Å². The lowest BCUT2D eigenvalue weighted by Crippen LogP contribution is -2.10. The van der Waals surface area contributed by atoms with Crippen molar-refractivity contribution < 1.29 is 24.0 Å². The van der Waals surface area contributed by atoms with Gasteiger partial charge in [0.25, 0.3) is 5.69 Å². The fourth-order valence-electron chi connectivity index (χ4n) is 3.34. The fourth-order valence-corrected chi connectivity index (χ4v) is 3.34. The summed E-state index contributed by atoms with van der Waals surface area (Å²) >= 11 is 0. The third-order valence-corrected chi connectivity index (χ3v) is 4.92. The minimum absolute atomic E-state index is 0.0416. The number of esters is 1. The third-order valence-electron chi connectivity index (χ3n) is 4.92. The molecule has 7 nitrogen and oxygen atoms in total. The molecule has 0 saturated carbocycles. The first-order chi connectivity index (χ1) is 14.8. The molecule has 0 aromatic heterocycles. The first kappa shape index (κ1) is 20.0. The Labute approximate surface area is 177 Å². The minimum atomic E-state index is -0.497. The lowest BCUT2D eigenvalue weighted by molar-refractivity contribution is -0.384. The van der Waals surface area contributed by atoms with E-state index < -0.39 is 10.9 Å². The molecule has 31 heavy (non-hydrogen) atoms. The van der Waals surface area contributed by atoms with Crippen molar-refractivity contribution in [2.75, 3.05) is 0 Å². The standard InChI is InChI=1S/C24H17NO6/c1-14-5-3-4-6-19(14)24(27)30-18-11-15(2)22-20(13-18)31-21(23(22)26)12-16-7-9-17(10-8-16)25(28)29/h3-13H,1-2H3/b21-12-. The summed E-state index contributed by atoms with van der Waals surface area (Å²) < 4.78 is 11.2. The van der Waals surface area contributed by atoms with Gasteiger partial charge < -0.3 is 9.47 Å². The number of fused-ring (bicyclic) bond motifs is 1. The number of nitrogens with zero attached hydrogens (tertiary/aromatic N) is 1. The number of allylic oxidation sites excluding steroid dienone is 1. The Bertz CT molecular complexity index is 1260. The summed E-state index contributed by atoms with van der Waals surface area (Å²) in [6.45, 7) is 3.56. The van der Waals surface area contributed by atoms with E-state index in [9.17, 15) is 19.7 Å². The van der Waals surface area contributed by atoms with E-state index >= 15 is 0 Å². The number of non-ortho nitro benzene ring substituents is 1. The molecule has 1 aliphatic rings. The number of ketones is 1. The Morgan fingerprint density at radius 1 is 1.03 bits per heavy atom. The van der Waals surface area contributed by atoms with Gasteiger partial charge in [-0.15, -0.1) is 0 Å². The molecule has 0 bridgehead atoms. The highest BCUT2D eigenvalue weighted by molar-refractivity contribution is 6.15. The maximum atomic E-state index is 12.8. The van der Waals surface area contributed by atoms with Crippen LogP contribution in [0.4, 0.5) is 5.69 Å². The minimum Gasteiger partial charge on any atom is -0.452 e. The van der Waals surface area contributed by atoms with Crippen LogP contribution in [0.3, 0.4) is 0 Å². The Morgan fingerprint density at radius 2 is 1.74 bits per heavy atom. The van der Waals surface area contributed by atoms with Crippen molar-refractivity contribution in [3.63, 3.8) is 0 Å². The molecule has 0 radical (unpaired) electrons. The number of ether oxygens (including phenoxy) is 2. The lowest BCUT2D eigenvalue weighted by atomic mass is 10.0. The number of benzene rings is 3. The number of carbonyl (C=O) groups excluding carboxylic acids is 2. The average Bonchev–Trinajstić information content (AvgIpc) is 3.04. The molecule has 4 rings (SSSR count). The second kappa shape index (κ2) is 7.87. The van der Waals surface area contributed by atoms with Gasteiger partial charge in [-0.1, -0.05) is 18.2 Å². The van der Waals surface area contributed by atoms with Crippen molar-refractivity contribution in [2.24, 2.45) is 0 Å². The molecule has 0 spiro atoms. The zero-order valence-corrected chi connectivity index (χ0v) is 16.7. The average molecular weight is 415 g/mol. The first-order valence-electron chi connectivity index (χ1n) is 9.44. The lowest BCUT2D eigenvalue weighted by Gasteiger charge is -2.09. The number of nitro groups is 1. The summed E-state index contributed by atoms with van der Waals surface area (Å²) in [5.41, 5.74) is 2.80. The van der Waals surface area contributed by atoms with Crippen LogP contribution < -0.4 is 9.47 Å². The molecule has 0 N–H and O–H groups in total. The second-order valence-corrected chi connectivity index (χ2v) is 7.11. The van der Waals surface area contributed by atoms with Crippen LogP contribution in [-0.2, 0) is 0 Å². The summed E-state index contributed by atoms with van der Waals surface area (Å²) in [4.78, 5) is 35.6. The van der Waals surface area contributed by atoms with E-state index in [1.165, 1.54) is 36.4 Å². The zero-order chi connectivity index (χ0) is 22.1. The number of rotatable bonds is 4. The maximum absolute atomic E-state index is 12.8. The number of hydrogen-bond acceptors (Lipinski definition) is 6. The van der Waals surface area contributed by atoms with Gasteiger partial charge in [0, 0.05) is 18.2 Å². The monoisotopic (exact) mass is 415 g/mol. The van der Waals surface area contributed by atoms with Gasteiger partial charge in [-0.3, -0.25) is 14.9 Å². The van der Waals surface area contributed by atoms with Crippen molar-refractivity contribution in [3.8, 4) is 11.5 Å². The van der Waals surface area contributed by atoms with Gasteiger partial charge in [-0.25, -0.2) is 4.79 Å². The van der Waals surface area contributed by atoms with Crippen molar-refractivity contribution >= 4 is 23.5 Å². The van der Waals surface area contributed by atoms with Crippen LogP contribution >= 0.6 is 0 Å². The number of nitro benzene ring substituents is 1. The zero-order valence-electron chi connectivity index (χ0n) is 16.7. The first-order valence-corrected chi connectivity index (χ1v) is 9.44. The van der Waals surface area contributed by atoms with E-state index in [0.717, 1.165) is 5.56 Å². The van der Waals surface area contributed by atoms with E-state index in [1.54, 1.807) is 25.1 Å². The van der Waals surface area contributed by atoms with Gasteiger partial charge in [0.1, 0.15) is 11.5 Å². The van der Waals surface area contributed by atoms with Crippen LogP contribution in [0.5, 0.6) is 11.5 Å². The number of carbonyl (C=O) groups is 2. The highest BCUT2D eigenvalue weighted by Crippen LogP contribution is 2.37. The van der Waals surface area contributed by atoms with Crippen molar-refractivity contribution in [2.45, 2.75) is 13.8 Å². The molecule has 0 saturated heterocycles. The predicted octanol–water partition coefficient (Wildman–Crippen LogP) is 5.05. The van der Waals surface area contributed by atoms with E-state index in [4.69, 9.17) is 9.47 Å². The molecule has 0 fully saturated rings.